The van der Waals surface area contributed by atoms with Gasteiger partial charge in [-0.1, -0.05) is 20.3 Å². The van der Waals surface area contributed by atoms with Crippen molar-refractivity contribution in [1.29, 1.82) is 0 Å². The van der Waals surface area contributed by atoms with Gasteiger partial charge in [0.25, 0.3) is 0 Å². The quantitative estimate of drug-likeness (QED) is 0.588. The van der Waals surface area contributed by atoms with E-state index in [2.05, 4.69) is 0 Å². The Labute approximate surface area is 61.9 Å². The van der Waals surface area contributed by atoms with Gasteiger partial charge < -0.3 is 10.2 Å². The minimum absolute atomic E-state index is 0.106. The lowest BCUT2D eigenvalue weighted by Gasteiger charge is -2.20. The fourth-order valence-electron chi connectivity index (χ4n) is 0.746. The normalized spacial score (nSPS) is 20.1. The molecule has 3 heteroatoms. The molecule has 0 rings (SSSR count). The summed E-state index contributed by atoms with van der Waals surface area (Å²) in [6.45, 7) is 3.57. The zero-order chi connectivity index (χ0) is 8.15. The first-order valence-corrected chi connectivity index (χ1v) is 3.63. The van der Waals surface area contributed by atoms with Gasteiger partial charge in [-0.05, 0) is 5.92 Å². The Morgan fingerprint density at radius 3 is 2.30 bits per heavy atom. The molecule has 0 amide bonds. The summed E-state index contributed by atoms with van der Waals surface area (Å²) in [5, 5.41) is 17.7. The molecule has 3 atom stereocenters. The van der Waals surface area contributed by atoms with Crippen LogP contribution in [0.4, 0.5) is 0 Å². The highest BCUT2D eigenvalue weighted by molar-refractivity contribution is 4.74. The molecule has 0 aromatic rings. The zero-order valence-electron chi connectivity index (χ0n) is 6.54. The summed E-state index contributed by atoms with van der Waals surface area (Å²) in [5.74, 6) is 0.106. The van der Waals surface area contributed by atoms with E-state index in [4.69, 9.17) is 10.8 Å². The molecule has 0 aromatic carbocycles. The van der Waals surface area contributed by atoms with Crippen LogP contribution in [0.2, 0.25) is 0 Å². The van der Waals surface area contributed by atoms with Crippen molar-refractivity contribution in [1.82, 2.24) is 5.73 Å². The number of hydrogen-bond acceptors (Lipinski definition) is 2. The molecule has 0 aliphatic carbocycles. The first-order valence-electron chi connectivity index (χ1n) is 3.63. The van der Waals surface area contributed by atoms with Gasteiger partial charge in [-0.15, -0.1) is 0 Å². The highest BCUT2D eigenvalue weighted by Crippen LogP contribution is 2.09. The maximum Gasteiger partial charge on any atom is 0.0754 e. The van der Waals surface area contributed by atoms with Crippen molar-refractivity contribution in [3.8, 4) is 0 Å². The third-order valence-electron chi connectivity index (χ3n) is 1.84. The average Bonchev–Trinajstić information content (AvgIpc) is 2.00. The number of aliphatic hydroxyl groups excluding tert-OH is 2. The van der Waals surface area contributed by atoms with Crippen LogP contribution in [0, 0.1) is 5.92 Å². The third-order valence-corrected chi connectivity index (χ3v) is 1.84. The Morgan fingerprint density at radius 2 is 2.00 bits per heavy atom. The van der Waals surface area contributed by atoms with E-state index in [1.165, 1.54) is 0 Å². The summed E-state index contributed by atoms with van der Waals surface area (Å²) in [5.41, 5.74) is 7.16. The molecule has 0 heterocycles. The minimum atomic E-state index is -0.741. The third kappa shape index (κ3) is 2.64. The monoisotopic (exact) mass is 146 g/mol. The van der Waals surface area contributed by atoms with Crippen molar-refractivity contribution in [2.45, 2.75) is 32.4 Å². The van der Waals surface area contributed by atoms with Gasteiger partial charge in [0.2, 0.25) is 0 Å². The molecular formula is C7H16NO2. The highest BCUT2D eigenvalue weighted by atomic mass is 16.3. The SMILES string of the molecule is CCC(C)C(O)C([NH])CO. The van der Waals surface area contributed by atoms with Crippen LogP contribution < -0.4 is 5.73 Å². The summed E-state index contributed by atoms with van der Waals surface area (Å²) in [4.78, 5) is 0. The molecule has 1 radical (unpaired) electrons. The molecule has 0 aliphatic rings. The van der Waals surface area contributed by atoms with E-state index in [0.717, 1.165) is 6.42 Å². The van der Waals surface area contributed by atoms with Gasteiger partial charge in [0.05, 0.1) is 18.8 Å². The van der Waals surface area contributed by atoms with Crippen molar-refractivity contribution in [3.63, 3.8) is 0 Å². The summed E-state index contributed by atoms with van der Waals surface area (Å²) in [6, 6.07) is -0.741. The Hall–Kier alpha value is -0.120. The molecule has 10 heavy (non-hydrogen) atoms. The van der Waals surface area contributed by atoms with Crippen LogP contribution in [0.1, 0.15) is 20.3 Å². The van der Waals surface area contributed by atoms with Crippen LogP contribution >= 0.6 is 0 Å². The lowest BCUT2D eigenvalue weighted by molar-refractivity contribution is 0.0610. The largest absolute Gasteiger partial charge is 0.395 e. The first-order chi connectivity index (χ1) is 4.63. The number of aliphatic hydroxyl groups is 2. The molecular weight excluding hydrogens is 130 g/mol. The number of hydrogen-bond donors (Lipinski definition) is 2. The summed E-state index contributed by atoms with van der Waals surface area (Å²) in [7, 11) is 0. The van der Waals surface area contributed by atoms with E-state index in [1.807, 2.05) is 13.8 Å². The van der Waals surface area contributed by atoms with Crippen molar-refractivity contribution in [2.75, 3.05) is 6.61 Å². The van der Waals surface area contributed by atoms with Crippen LogP contribution in [0.25, 0.3) is 0 Å². The van der Waals surface area contributed by atoms with Crippen LogP contribution in [0.15, 0.2) is 0 Å². The van der Waals surface area contributed by atoms with Crippen LogP contribution in [-0.2, 0) is 0 Å². The van der Waals surface area contributed by atoms with E-state index in [0.29, 0.717) is 0 Å². The fraction of sp³-hybridized carbons (Fsp3) is 1.00. The van der Waals surface area contributed by atoms with Gasteiger partial charge in [0.15, 0.2) is 0 Å². The molecule has 0 saturated heterocycles. The van der Waals surface area contributed by atoms with Gasteiger partial charge in [-0.3, -0.25) is 0 Å². The van der Waals surface area contributed by atoms with Gasteiger partial charge in [0, 0.05) is 0 Å². The molecule has 3 unspecified atom stereocenters. The summed E-state index contributed by atoms with van der Waals surface area (Å²) < 4.78 is 0. The Morgan fingerprint density at radius 1 is 1.50 bits per heavy atom. The topological polar surface area (TPSA) is 64.3 Å². The van der Waals surface area contributed by atoms with Gasteiger partial charge in [-0.2, -0.15) is 0 Å². The van der Waals surface area contributed by atoms with E-state index < -0.39 is 12.1 Å². The lowest BCUT2D eigenvalue weighted by Crippen LogP contribution is -2.35. The van der Waals surface area contributed by atoms with E-state index in [1.54, 1.807) is 0 Å². The van der Waals surface area contributed by atoms with E-state index in [9.17, 15) is 5.11 Å². The Kier molecular flexibility index (Phi) is 4.60. The average molecular weight is 146 g/mol. The molecule has 3 N–H and O–H groups in total. The molecule has 3 nitrogen and oxygen atoms in total. The predicted octanol–water partition coefficient (Wildman–Crippen LogP) is 0.0372. The second kappa shape index (κ2) is 4.66. The molecule has 0 fully saturated rings. The van der Waals surface area contributed by atoms with E-state index >= 15 is 0 Å². The number of rotatable bonds is 4. The maximum absolute atomic E-state index is 9.24. The molecule has 0 saturated carbocycles. The molecule has 0 bridgehead atoms. The Bertz CT molecular complexity index is 77.7. The maximum atomic E-state index is 9.24. The first kappa shape index (κ1) is 9.88. The van der Waals surface area contributed by atoms with Crippen molar-refractivity contribution in [3.05, 3.63) is 0 Å². The predicted molar refractivity (Wildman–Crippen MR) is 39.4 cm³/mol. The molecule has 0 aliphatic heterocycles. The standard InChI is InChI=1S/C7H16NO2/c1-3-5(2)7(10)6(8)4-9/h5-10H,3-4H2,1-2H3. The molecule has 61 valence electrons. The lowest BCUT2D eigenvalue weighted by atomic mass is 9.97. The summed E-state index contributed by atoms with van der Waals surface area (Å²) in [6.07, 6.45) is 0.159. The van der Waals surface area contributed by atoms with Crippen LogP contribution in [0.5, 0.6) is 0 Å². The van der Waals surface area contributed by atoms with Gasteiger partial charge in [0.1, 0.15) is 0 Å². The van der Waals surface area contributed by atoms with E-state index in [-0.39, 0.29) is 12.5 Å². The number of nitrogens with one attached hydrogen (secondary N) is 1. The Balaban J connectivity index is 3.69. The van der Waals surface area contributed by atoms with Crippen molar-refractivity contribution >= 4 is 0 Å². The van der Waals surface area contributed by atoms with Gasteiger partial charge in [-0.25, -0.2) is 5.73 Å². The zero-order valence-corrected chi connectivity index (χ0v) is 6.54. The van der Waals surface area contributed by atoms with Gasteiger partial charge >= 0.3 is 0 Å². The smallest absolute Gasteiger partial charge is 0.0754 e. The molecule has 0 spiro atoms. The molecule has 0 aromatic heterocycles. The van der Waals surface area contributed by atoms with Crippen molar-refractivity contribution in [2.24, 2.45) is 5.92 Å². The minimum Gasteiger partial charge on any atom is -0.395 e. The summed E-state index contributed by atoms with van der Waals surface area (Å²) >= 11 is 0. The fourth-order valence-corrected chi connectivity index (χ4v) is 0.746. The second-order valence-electron chi connectivity index (χ2n) is 2.67. The second-order valence-corrected chi connectivity index (χ2v) is 2.67. The van der Waals surface area contributed by atoms with Crippen LogP contribution in [0.3, 0.4) is 0 Å². The highest BCUT2D eigenvalue weighted by Gasteiger charge is 2.19. The van der Waals surface area contributed by atoms with Crippen LogP contribution in [-0.4, -0.2) is 29.0 Å². The van der Waals surface area contributed by atoms with Crippen molar-refractivity contribution < 1.29 is 10.2 Å².